The first kappa shape index (κ1) is 22.1. The lowest BCUT2D eigenvalue weighted by atomic mass is 10.1. The van der Waals surface area contributed by atoms with Crippen LogP contribution in [-0.2, 0) is 13.2 Å². The predicted molar refractivity (Wildman–Crippen MR) is 110 cm³/mol. The number of hydrogen-bond donors (Lipinski definition) is 1. The lowest BCUT2D eigenvalue weighted by molar-refractivity contribution is 0.282. The van der Waals surface area contributed by atoms with Crippen LogP contribution in [0.25, 0.3) is 0 Å². The number of benzene rings is 2. The maximum Gasteiger partial charge on any atom is 0.175 e. The van der Waals surface area contributed by atoms with Crippen LogP contribution in [0.5, 0.6) is 11.5 Å². The molecule has 0 saturated heterocycles. The summed E-state index contributed by atoms with van der Waals surface area (Å²) in [6.07, 6.45) is 1.10. The lowest BCUT2D eigenvalue weighted by Crippen LogP contribution is -2.24. The Morgan fingerprint density at radius 3 is 2.44 bits per heavy atom. The van der Waals surface area contributed by atoms with Crippen LogP contribution in [0.4, 0.5) is 0 Å². The number of hydrogen-bond acceptors (Lipinski definition) is 3. The quantitative estimate of drug-likeness (QED) is 0.537. The van der Waals surface area contributed by atoms with Gasteiger partial charge in [0.2, 0.25) is 0 Å². The van der Waals surface area contributed by atoms with Gasteiger partial charge in [0.05, 0.1) is 11.6 Å². The third-order valence-corrected chi connectivity index (χ3v) is 4.69. The number of halogens is 3. The molecular formula is C19H24BrCl2NO2. The fourth-order valence-corrected chi connectivity index (χ4v) is 2.92. The van der Waals surface area contributed by atoms with Crippen molar-refractivity contribution in [2.24, 2.45) is 0 Å². The largest absolute Gasteiger partial charge is 0.493 e. The minimum absolute atomic E-state index is 0. The molecule has 6 heteroatoms. The Kier molecular flexibility index (Phi) is 9.65. The van der Waals surface area contributed by atoms with E-state index in [-0.39, 0.29) is 12.4 Å². The highest BCUT2D eigenvalue weighted by atomic mass is 79.9. The molecule has 0 aliphatic heterocycles. The molecule has 0 heterocycles. The normalized spacial score (nSPS) is 11.6. The van der Waals surface area contributed by atoms with Gasteiger partial charge < -0.3 is 14.8 Å². The summed E-state index contributed by atoms with van der Waals surface area (Å²) < 4.78 is 12.3. The summed E-state index contributed by atoms with van der Waals surface area (Å²) in [5, 5.41) is 4.20. The average Bonchev–Trinajstić information content (AvgIpc) is 2.59. The molecule has 25 heavy (non-hydrogen) atoms. The van der Waals surface area contributed by atoms with E-state index in [4.69, 9.17) is 21.1 Å². The highest BCUT2D eigenvalue weighted by Gasteiger charge is 2.12. The summed E-state index contributed by atoms with van der Waals surface area (Å²) in [4.78, 5) is 0. The number of methoxy groups -OCH3 is 1. The van der Waals surface area contributed by atoms with Crippen LogP contribution in [-0.4, -0.2) is 13.2 Å². The summed E-state index contributed by atoms with van der Waals surface area (Å²) in [5.74, 6) is 1.43. The van der Waals surface area contributed by atoms with Crippen molar-refractivity contribution in [3.8, 4) is 11.5 Å². The standard InChI is InChI=1S/C19H23BrClNO2.ClH/c1-4-13(2)22-11-15-9-17(20)19(18(10-15)23-3)24-12-14-5-7-16(21)8-6-14;/h5-10,13,22H,4,11-12H2,1-3H3;1H. The van der Waals surface area contributed by atoms with Crippen LogP contribution in [0.3, 0.4) is 0 Å². The minimum Gasteiger partial charge on any atom is -0.493 e. The zero-order valence-electron chi connectivity index (χ0n) is 14.6. The molecule has 0 aliphatic rings. The Hall–Kier alpha value is -0.940. The van der Waals surface area contributed by atoms with Crippen molar-refractivity contribution in [1.29, 1.82) is 0 Å². The predicted octanol–water partition coefficient (Wildman–Crippen LogP) is 6.00. The maximum absolute atomic E-state index is 5.95. The van der Waals surface area contributed by atoms with Gasteiger partial charge in [0.25, 0.3) is 0 Å². The van der Waals surface area contributed by atoms with Crippen LogP contribution in [0.15, 0.2) is 40.9 Å². The van der Waals surface area contributed by atoms with Crippen molar-refractivity contribution in [3.63, 3.8) is 0 Å². The van der Waals surface area contributed by atoms with Gasteiger partial charge in [-0.1, -0.05) is 30.7 Å². The van der Waals surface area contributed by atoms with Crippen molar-refractivity contribution < 1.29 is 9.47 Å². The summed E-state index contributed by atoms with van der Waals surface area (Å²) >= 11 is 9.50. The number of nitrogens with one attached hydrogen (secondary N) is 1. The van der Waals surface area contributed by atoms with E-state index in [0.29, 0.717) is 18.4 Å². The molecule has 0 aromatic heterocycles. The molecule has 2 aromatic carbocycles. The van der Waals surface area contributed by atoms with Gasteiger partial charge >= 0.3 is 0 Å². The topological polar surface area (TPSA) is 30.5 Å². The molecule has 1 unspecified atom stereocenters. The smallest absolute Gasteiger partial charge is 0.175 e. The molecule has 2 aromatic rings. The van der Waals surface area contributed by atoms with Gasteiger partial charge in [-0.05, 0) is 64.7 Å². The van der Waals surface area contributed by atoms with Crippen LogP contribution in [0.1, 0.15) is 31.4 Å². The number of ether oxygens (including phenoxy) is 2. The van der Waals surface area contributed by atoms with Gasteiger partial charge in [-0.15, -0.1) is 12.4 Å². The summed E-state index contributed by atoms with van der Waals surface area (Å²) in [7, 11) is 1.66. The first-order chi connectivity index (χ1) is 11.5. The van der Waals surface area contributed by atoms with E-state index < -0.39 is 0 Å². The van der Waals surface area contributed by atoms with Crippen LogP contribution >= 0.6 is 39.9 Å². The van der Waals surface area contributed by atoms with Gasteiger partial charge in [-0.25, -0.2) is 0 Å². The maximum atomic E-state index is 5.95. The van der Waals surface area contributed by atoms with Gasteiger partial charge in [0.15, 0.2) is 11.5 Å². The first-order valence-corrected chi connectivity index (χ1v) is 9.17. The highest BCUT2D eigenvalue weighted by Crippen LogP contribution is 2.37. The van der Waals surface area contributed by atoms with Crippen molar-refractivity contribution in [2.75, 3.05) is 7.11 Å². The van der Waals surface area contributed by atoms with Crippen LogP contribution < -0.4 is 14.8 Å². The zero-order chi connectivity index (χ0) is 17.5. The summed E-state index contributed by atoms with van der Waals surface area (Å²) in [5.41, 5.74) is 2.20. The first-order valence-electron chi connectivity index (χ1n) is 8.00. The fourth-order valence-electron chi connectivity index (χ4n) is 2.19. The molecule has 2 rings (SSSR count). The molecule has 0 spiro atoms. The summed E-state index contributed by atoms with van der Waals surface area (Å²) in [6, 6.07) is 12.2. The molecule has 0 radical (unpaired) electrons. The fraction of sp³-hybridized carbons (Fsp3) is 0.368. The van der Waals surface area contributed by atoms with Crippen molar-refractivity contribution >= 4 is 39.9 Å². The Morgan fingerprint density at radius 1 is 1.16 bits per heavy atom. The second kappa shape index (κ2) is 10.9. The third-order valence-electron chi connectivity index (χ3n) is 3.85. The average molecular weight is 449 g/mol. The third kappa shape index (κ3) is 6.70. The zero-order valence-corrected chi connectivity index (χ0v) is 17.8. The van der Waals surface area contributed by atoms with E-state index in [1.165, 1.54) is 0 Å². The Morgan fingerprint density at radius 2 is 1.84 bits per heavy atom. The lowest BCUT2D eigenvalue weighted by Gasteiger charge is -2.16. The van der Waals surface area contributed by atoms with E-state index in [9.17, 15) is 0 Å². The van der Waals surface area contributed by atoms with Crippen molar-refractivity contribution in [2.45, 2.75) is 39.5 Å². The summed E-state index contributed by atoms with van der Waals surface area (Å²) in [6.45, 7) is 5.59. The molecule has 0 bridgehead atoms. The van der Waals surface area contributed by atoms with E-state index in [2.05, 4.69) is 41.2 Å². The molecular weight excluding hydrogens is 425 g/mol. The van der Waals surface area contributed by atoms with Gasteiger partial charge in [0.1, 0.15) is 6.61 Å². The van der Waals surface area contributed by atoms with E-state index in [1.54, 1.807) is 7.11 Å². The number of rotatable bonds is 8. The molecule has 0 fully saturated rings. The van der Waals surface area contributed by atoms with Crippen molar-refractivity contribution in [1.82, 2.24) is 5.32 Å². The van der Waals surface area contributed by atoms with Gasteiger partial charge in [-0.3, -0.25) is 0 Å². The van der Waals surface area contributed by atoms with Crippen molar-refractivity contribution in [3.05, 3.63) is 57.0 Å². The SMILES string of the molecule is CCC(C)NCc1cc(Br)c(OCc2ccc(Cl)cc2)c(OC)c1.Cl. The molecule has 138 valence electrons. The second-order valence-corrected chi connectivity index (χ2v) is 7.01. The Labute approximate surface area is 169 Å². The van der Waals surface area contributed by atoms with E-state index >= 15 is 0 Å². The second-order valence-electron chi connectivity index (χ2n) is 5.71. The Bertz CT molecular complexity index is 665. The molecule has 3 nitrogen and oxygen atoms in total. The van der Waals surface area contributed by atoms with Crippen LogP contribution in [0.2, 0.25) is 5.02 Å². The van der Waals surface area contributed by atoms with Gasteiger partial charge in [-0.2, -0.15) is 0 Å². The molecule has 1 N–H and O–H groups in total. The Balaban J connectivity index is 0.00000312. The minimum atomic E-state index is 0. The monoisotopic (exact) mass is 447 g/mol. The van der Waals surface area contributed by atoms with Crippen LogP contribution in [0, 0.1) is 0 Å². The molecule has 0 aliphatic carbocycles. The molecule has 0 saturated carbocycles. The molecule has 0 amide bonds. The van der Waals surface area contributed by atoms with E-state index in [1.807, 2.05) is 30.3 Å². The van der Waals surface area contributed by atoms with E-state index in [0.717, 1.165) is 39.3 Å². The molecule has 1 atom stereocenters. The van der Waals surface area contributed by atoms with Gasteiger partial charge in [0, 0.05) is 17.6 Å². The highest BCUT2D eigenvalue weighted by molar-refractivity contribution is 9.10.